The fourth-order valence-electron chi connectivity index (χ4n) is 4.71. The Kier molecular flexibility index (Phi) is 6.60. The quantitative estimate of drug-likeness (QED) is 0.598. The van der Waals surface area contributed by atoms with Crippen molar-refractivity contribution in [1.29, 1.82) is 0 Å². The molecule has 184 valence electrons. The van der Waals surface area contributed by atoms with E-state index < -0.39 is 23.6 Å². The van der Waals surface area contributed by atoms with E-state index in [1.165, 1.54) is 26.4 Å². The summed E-state index contributed by atoms with van der Waals surface area (Å²) in [6, 6.07) is 9.63. The van der Waals surface area contributed by atoms with E-state index in [1.54, 1.807) is 25.1 Å². The van der Waals surface area contributed by atoms with Gasteiger partial charge in [0.15, 0.2) is 17.3 Å². The Labute approximate surface area is 200 Å². The summed E-state index contributed by atoms with van der Waals surface area (Å²) in [7, 11) is 2.96. The van der Waals surface area contributed by atoms with E-state index in [-0.39, 0.29) is 17.0 Å². The number of ketones is 1. The van der Waals surface area contributed by atoms with Crippen LogP contribution in [-0.4, -0.2) is 25.9 Å². The molecule has 0 saturated carbocycles. The fourth-order valence-corrected chi connectivity index (χ4v) is 4.71. The first-order chi connectivity index (χ1) is 16.7. The summed E-state index contributed by atoms with van der Waals surface area (Å²) in [5.41, 5.74) is 1.62. The third kappa shape index (κ3) is 4.62. The van der Waals surface area contributed by atoms with Gasteiger partial charge in [0.2, 0.25) is 0 Å². The second-order valence-corrected chi connectivity index (χ2v) is 8.38. The zero-order valence-electron chi connectivity index (χ0n) is 19.5. The van der Waals surface area contributed by atoms with E-state index in [9.17, 15) is 22.8 Å². The minimum atomic E-state index is -4.55. The molecule has 4 rings (SSSR count). The van der Waals surface area contributed by atoms with E-state index in [0.29, 0.717) is 47.6 Å². The predicted octanol–water partition coefficient (Wildman–Crippen LogP) is 5.33. The lowest BCUT2D eigenvalue weighted by Crippen LogP contribution is -2.35. The Hall–Kier alpha value is -3.75. The molecule has 1 atom stereocenters. The first-order valence-electron chi connectivity index (χ1n) is 11.1. The van der Waals surface area contributed by atoms with Crippen LogP contribution >= 0.6 is 0 Å². The average Bonchev–Trinajstić information content (AvgIpc) is 2.82. The van der Waals surface area contributed by atoms with Crippen LogP contribution in [0.1, 0.15) is 43.2 Å². The van der Waals surface area contributed by atoms with Crippen molar-refractivity contribution in [2.75, 3.05) is 19.5 Å². The number of Topliss-reactive ketones (excluding diaryl/α,β-unsaturated/α-hetero) is 1. The summed E-state index contributed by atoms with van der Waals surface area (Å²) < 4.78 is 50.6. The van der Waals surface area contributed by atoms with Crippen molar-refractivity contribution in [2.24, 2.45) is 0 Å². The van der Waals surface area contributed by atoms with Crippen molar-refractivity contribution in [3.63, 3.8) is 0 Å². The molecule has 2 aliphatic rings. The maximum atomic E-state index is 13.6. The summed E-state index contributed by atoms with van der Waals surface area (Å²) in [5.74, 6) is -0.678. The van der Waals surface area contributed by atoms with Gasteiger partial charge in [-0.15, -0.1) is 0 Å². The number of benzene rings is 2. The number of alkyl halides is 3. The second-order valence-electron chi connectivity index (χ2n) is 8.38. The third-order valence-electron chi connectivity index (χ3n) is 6.21. The van der Waals surface area contributed by atoms with E-state index >= 15 is 0 Å². The van der Waals surface area contributed by atoms with E-state index in [4.69, 9.17) is 9.47 Å². The number of halogens is 3. The minimum absolute atomic E-state index is 0.00349. The van der Waals surface area contributed by atoms with Gasteiger partial charge in [0.05, 0.1) is 25.7 Å². The molecular weight excluding hydrogens is 461 g/mol. The Morgan fingerprint density at radius 1 is 1.09 bits per heavy atom. The van der Waals surface area contributed by atoms with Gasteiger partial charge in [-0.2, -0.15) is 13.2 Å². The highest BCUT2D eigenvalue weighted by Crippen LogP contribution is 2.47. The molecule has 9 heteroatoms. The molecule has 35 heavy (non-hydrogen) atoms. The highest BCUT2D eigenvalue weighted by molar-refractivity contribution is 6.10. The molecule has 1 amide bonds. The van der Waals surface area contributed by atoms with Gasteiger partial charge in [-0.1, -0.05) is 18.2 Å². The molecule has 1 aliphatic carbocycles. The van der Waals surface area contributed by atoms with Crippen LogP contribution in [0.2, 0.25) is 0 Å². The molecule has 0 aromatic heterocycles. The van der Waals surface area contributed by atoms with Crippen molar-refractivity contribution in [2.45, 2.75) is 38.3 Å². The number of dihydropyridines is 1. The number of ether oxygens (including phenoxy) is 2. The molecule has 0 bridgehead atoms. The Morgan fingerprint density at radius 3 is 2.51 bits per heavy atom. The molecule has 0 fully saturated rings. The monoisotopic (exact) mass is 486 g/mol. The van der Waals surface area contributed by atoms with Crippen molar-refractivity contribution < 1.29 is 32.2 Å². The van der Waals surface area contributed by atoms with Crippen molar-refractivity contribution in [3.8, 4) is 11.5 Å². The molecule has 2 aromatic rings. The van der Waals surface area contributed by atoms with Crippen LogP contribution in [0.5, 0.6) is 11.5 Å². The van der Waals surface area contributed by atoms with Gasteiger partial charge >= 0.3 is 6.18 Å². The van der Waals surface area contributed by atoms with Crippen LogP contribution in [0.15, 0.2) is 65.0 Å². The number of allylic oxidation sites excluding steroid dienone is 3. The first kappa shape index (κ1) is 24.4. The molecule has 2 N–H and O–H groups in total. The maximum Gasteiger partial charge on any atom is 0.416 e. The number of nitrogens with one attached hydrogen (secondary N) is 2. The Bertz CT molecular complexity index is 1250. The summed E-state index contributed by atoms with van der Waals surface area (Å²) in [4.78, 5) is 26.7. The van der Waals surface area contributed by atoms with E-state index in [2.05, 4.69) is 10.6 Å². The topological polar surface area (TPSA) is 76.7 Å². The normalized spacial score (nSPS) is 18.1. The van der Waals surface area contributed by atoms with Crippen molar-refractivity contribution in [3.05, 3.63) is 76.1 Å². The fraction of sp³-hybridized carbons (Fsp3) is 0.308. The number of amides is 1. The predicted molar refractivity (Wildman–Crippen MR) is 124 cm³/mol. The molecule has 0 radical (unpaired) electrons. The van der Waals surface area contributed by atoms with Crippen LogP contribution < -0.4 is 20.1 Å². The summed E-state index contributed by atoms with van der Waals surface area (Å²) in [5, 5.41) is 5.78. The van der Waals surface area contributed by atoms with Gasteiger partial charge in [0, 0.05) is 40.2 Å². The van der Waals surface area contributed by atoms with E-state index in [0.717, 1.165) is 17.8 Å². The number of hydrogen-bond acceptors (Lipinski definition) is 5. The van der Waals surface area contributed by atoms with Gasteiger partial charge < -0.3 is 20.1 Å². The smallest absolute Gasteiger partial charge is 0.416 e. The maximum absolute atomic E-state index is 13.6. The SMILES string of the molecule is COc1cccc([C@@H]2C(C(=O)Nc3cccc(C(F)(F)F)c3)=C(C)NC3=C2C(=O)CCC3)c1OC. The molecule has 0 spiro atoms. The lowest BCUT2D eigenvalue weighted by Gasteiger charge is -2.35. The van der Waals surface area contributed by atoms with Crippen LogP contribution in [0.4, 0.5) is 18.9 Å². The number of carbonyl (C=O) groups excluding carboxylic acids is 2. The average molecular weight is 486 g/mol. The second kappa shape index (κ2) is 9.48. The van der Waals surface area contributed by atoms with Crippen LogP contribution in [-0.2, 0) is 15.8 Å². The van der Waals surface area contributed by atoms with Gasteiger partial charge in [0.1, 0.15) is 0 Å². The van der Waals surface area contributed by atoms with Gasteiger partial charge in [-0.25, -0.2) is 0 Å². The molecule has 0 unspecified atom stereocenters. The Balaban J connectivity index is 1.82. The zero-order valence-corrected chi connectivity index (χ0v) is 19.5. The molecule has 6 nitrogen and oxygen atoms in total. The van der Waals surface area contributed by atoms with E-state index in [1.807, 2.05) is 0 Å². The first-order valence-corrected chi connectivity index (χ1v) is 11.1. The third-order valence-corrected chi connectivity index (χ3v) is 6.21. The number of anilines is 1. The summed E-state index contributed by atoms with van der Waals surface area (Å²) in [6.45, 7) is 1.71. The van der Waals surface area contributed by atoms with Crippen LogP contribution in [0.25, 0.3) is 0 Å². The molecule has 2 aromatic carbocycles. The molecule has 1 heterocycles. The molecule has 0 saturated heterocycles. The minimum Gasteiger partial charge on any atom is -0.493 e. The standard InChI is InChI=1S/C26H25F3N2O4/c1-14-21(25(33)31-16-8-4-7-15(13-16)26(27,28)29)22(23-18(30-14)10-6-11-19(23)32)17-9-5-12-20(34-2)24(17)35-3/h4-5,7-9,12-13,22,30H,6,10-11H2,1-3H3,(H,31,33)/t22-/m1/s1. The van der Waals surface area contributed by atoms with Crippen LogP contribution in [0, 0.1) is 0 Å². The number of carbonyl (C=O) groups is 2. The largest absolute Gasteiger partial charge is 0.493 e. The van der Waals surface area contributed by atoms with Gasteiger partial charge in [0.25, 0.3) is 5.91 Å². The number of methoxy groups -OCH3 is 2. The van der Waals surface area contributed by atoms with Crippen LogP contribution in [0.3, 0.4) is 0 Å². The highest BCUT2D eigenvalue weighted by Gasteiger charge is 2.40. The van der Waals surface area contributed by atoms with Gasteiger partial charge in [-0.3, -0.25) is 9.59 Å². The van der Waals surface area contributed by atoms with Crippen molar-refractivity contribution in [1.82, 2.24) is 5.32 Å². The number of rotatable bonds is 5. The van der Waals surface area contributed by atoms with Crippen molar-refractivity contribution >= 4 is 17.4 Å². The highest BCUT2D eigenvalue weighted by atomic mass is 19.4. The lowest BCUT2D eigenvalue weighted by atomic mass is 9.74. The lowest BCUT2D eigenvalue weighted by molar-refractivity contribution is -0.137. The Morgan fingerprint density at radius 2 is 1.83 bits per heavy atom. The van der Waals surface area contributed by atoms with Gasteiger partial charge in [-0.05, 0) is 44.0 Å². The molecule has 1 aliphatic heterocycles. The summed E-state index contributed by atoms with van der Waals surface area (Å²) >= 11 is 0. The summed E-state index contributed by atoms with van der Waals surface area (Å²) in [6.07, 6.45) is -2.88. The zero-order chi connectivity index (χ0) is 25.3. The molecular formula is C26H25F3N2O4. The number of para-hydroxylation sites is 1. The number of hydrogen-bond donors (Lipinski definition) is 2.